The second-order valence-corrected chi connectivity index (χ2v) is 7.82. The molecule has 0 aliphatic heterocycles. The number of rotatable bonds is 13. The minimum Gasteiger partial charge on any atom is -0.494 e. The first kappa shape index (κ1) is 24.3. The van der Waals surface area contributed by atoms with Crippen molar-refractivity contribution >= 4 is 23.2 Å². The lowest BCUT2D eigenvalue weighted by Gasteiger charge is -2.11. The van der Waals surface area contributed by atoms with Crippen LogP contribution in [0.2, 0.25) is 0 Å². The lowest BCUT2D eigenvalue weighted by Crippen LogP contribution is -2.22. The predicted molar refractivity (Wildman–Crippen MR) is 127 cm³/mol. The molecule has 0 saturated heterocycles. The number of carbonyl (C=O) groups is 2. The molecule has 2 aromatic carbocycles. The van der Waals surface area contributed by atoms with Gasteiger partial charge >= 0.3 is 0 Å². The Bertz CT molecular complexity index is 802. The van der Waals surface area contributed by atoms with Crippen LogP contribution in [0.3, 0.4) is 0 Å². The average Bonchev–Trinajstić information content (AvgIpc) is 2.77. The number of amides is 2. The van der Waals surface area contributed by atoms with Gasteiger partial charge in [0.25, 0.3) is 0 Å². The van der Waals surface area contributed by atoms with Crippen LogP contribution in [0.5, 0.6) is 5.75 Å². The van der Waals surface area contributed by atoms with Crippen molar-refractivity contribution in [3.05, 3.63) is 54.1 Å². The maximum atomic E-state index is 12.2. The van der Waals surface area contributed by atoms with E-state index in [1.807, 2.05) is 48.5 Å². The van der Waals surface area contributed by atoms with Crippen LogP contribution in [-0.4, -0.2) is 44.0 Å². The van der Waals surface area contributed by atoms with Gasteiger partial charge in [-0.15, -0.1) is 0 Å². The molecule has 168 valence electrons. The quantitative estimate of drug-likeness (QED) is 0.456. The number of aryl methyl sites for hydroxylation is 1. The number of anilines is 2. The van der Waals surface area contributed by atoms with E-state index in [1.165, 1.54) is 19.3 Å². The van der Waals surface area contributed by atoms with Gasteiger partial charge in [0.05, 0.1) is 13.2 Å². The summed E-state index contributed by atoms with van der Waals surface area (Å²) in [6.07, 6.45) is 5.91. The van der Waals surface area contributed by atoms with E-state index in [1.54, 1.807) is 19.0 Å². The molecule has 0 fully saturated rings. The molecule has 0 unspecified atom stereocenters. The van der Waals surface area contributed by atoms with E-state index in [9.17, 15) is 9.59 Å². The molecule has 2 rings (SSSR count). The van der Waals surface area contributed by atoms with Crippen molar-refractivity contribution in [2.75, 3.05) is 37.9 Å². The van der Waals surface area contributed by atoms with Gasteiger partial charge in [0.15, 0.2) is 0 Å². The molecule has 0 spiro atoms. The lowest BCUT2D eigenvalue weighted by molar-refractivity contribution is -0.128. The zero-order valence-electron chi connectivity index (χ0n) is 18.9. The fraction of sp³-hybridized carbons (Fsp3) is 0.440. The summed E-state index contributed by atoms with van der Waals surface area (Å²) in [6.45, 7) is 3.09. The molecule has 0 atom stereocenters. The average molecular weight is 426 g/mol. The normalized spacial score (nSPS) is 10.4. The van der Waals surface area contributed by atoms with Crippen molar-refractivity contribution in [1.29, 1.82) is 0 Å². The molecule has 0 aliphatic carbocycles. The summed E-state index contributed by atoms with van der Waals surface area (Å²) in [7, 11) is 3.52. The summed E-state index contributed by atoms with van der Waals surface area (Å²) in [5.41, 5.74) is 2.70. The SMILES string of the molecule is CCCCCCOc1ccc(NC(=O)CNc2ccc(CCC(=O)N(C)C)cc2)cc1. The fourth-order valence-corrected chi connectivity index (χ4v) is 3.01. The van der Waals surface area contributed by atoms with Gasteiger partial charge in [0.1, 0.15) is 5.75 Å². The molecule has 0 radical (unpaired) electrons. The highest BCUT2D eigenvalue weighted by atomic mass is 16.5. The first-order valence-corrected chi connectivity index (χ1v) is 11.0. The number of nitrogens with zero attached hydrogens (tertiary/aromatic N) is 1. The van der Waals surface area contributed by atoms with Crippen LogP contribution >= 0.6 is 0 Å². The summed E-state index contributed by atoms with van der Waals surface area (Å²) < 4.78 is 5.72. The van der Waals surface area contributed by atoms with Crippen molar-refractivity contribution in [3.8, 4) is 5.75 Å². The molecule has 2 amide bonds. The number of hydrogen-bond acceptors (Lipinski definition) is 4. The molecule has 6 nitrogen and oxygen atoms in total. The lowest BCUT2D eigenvalue weighted by atomic mass is 10.1. The van der Waals surface area contributed by atoms with Gasteiger partial charge in [-0.05, 0) is 54.8 Å². The molecule has 0 heterocycles. The predicted octanol–water partition coefficient (Wildman–Crippen LogP) is 4.72. The van der Waals surface area contributed by atoms with E-state index in [0.717, 1.165) is 35.7 Å². The Balaban J connectivity index is 1.69. The number of nitrogens with one attached hydrogen (secondary N) is 2. The summed E-state index contributed by atoms with van der Waals surface area (Å²) in [4.78, 5) is 25.5. The van der Waals surface area contributed by atoms with Gasteiger partial charge in [0, 0.05) is 31.9 Å². The fourth-order valence-electron chi connectivity index (χ4n) is 3.01. The summed E-state index contributed by atoms with van der Waals surface area (Å²) in [6, 6.07) is 15.3. The van der Waals surface area contributed by atoms with E-state index >= 15 is 0 Å². The minimum absolute atomic E-state index is 0.116. The molecule has 0 aromatic heterocycles. The Hall–Kier alpha value is -3.02. The highest BCUT2D eigenvalue weighted by Crippen LogP contribution is 2.16. The number of carbonyl (C=O) groups excluding carboxylic acids is 2. The van der Waals surface area contributed by atoms with Crippen molar-refractivity contribution < 1.29 is 14.3 Å². The van der Waals surface area contributed by atoms with E-state index in [0.29, 0.717) is 12.8 Å². The van der Waals surface area contributed by atoms with Gasteiger partial charge in [-0.1, -0.05) is 38.3 Å². The van der Waals surface area contributed by atoms with E-state index in [4.69, 9.17) is 4.74 Å². The topological polar surface area (TPSA) is 70.7 Å². The minimum atomic E-state index is -0.117. The van der Waals surface area contributed by atoms with E-state index in [2.05, 4.69) is 17.6 Å². The Morgan fingerprint density at radius 1 is 0.903 bits per heavy atom. The van der Waals surface area contributed by atoms with E-state index in [-0.39, 0.29) is 18.4 Å². The molecular weight excluding hydrogens is 390 g/mol. The maximum absolute atomic E-state index is 12.2. The van der Waals surface area contributed by atoms with Crippen LogP contribution < -0.4 is 15.4 Å². The Morgan fingerprint density at radius 3 is 2.23 bits per heavy atom. The number of hydrogen-bond donors (Lipinski definition) is 2. The first-order chi connectivity index (χ1) is 15.0. The number of unbranched alkanes of at least 4 members (excludes halogenated alkanes) is 3. The zero-order chi connectivity index (χ0) is 22.5. The van der Waals surface area contributed by atoms with Crippen LogP contribution in [0, 0.1) is 0 Å². The van der Waals surface area contributed by atoms with Crippen LogP contribution in [0.15, 0.2) is 48.5 Å². The molecule has 0 aliphatic rings. The van der Waals surface area contributed by atoms with Crippen LogP contribution in [-0.2, 0) is 16.0 Å². The van der Waals surface area contributed by atoms with Crippen molar-refractivity contribution in [3.63, 3.8) is 0 Å². The molecular formula is C25H35N3O3. The Morgan fingerprint density at radius 2 is 1.58 bits per heavy atom. The highest BCUT2D eigenvalue weighted by Gasteiger charge is 2.06. The van der Waals surface area contributed by atoms with Crippen LogP contribution in [0.25, 0.3) is 0 Å². The molecule has 0 saturated carbocycles. The van der Waals surface area contributed by atoms with Gasteiger partial charge in [-0.3, -0.25) is 9.59 Å². The Labute approximate surface area is 186 Å². The maximum Gasteiger partial charge on any atom is 0.243 e. The monoisotopic (exact) mass is 425 g/mol. The molecule has 2 N–H and O–H groups in total. The number of benzene rings is 2. The second kappa shape index (κ2) is 13.3. The largest absolute Gasteiger partial charge is 0.494 e. The zero-order valence-corrected chi connectivity index (χ0v) is 18.9. The van der Waals surface area contributed by atoms with Crippen LogP contribution in [0.4, 0.5) is 11.4 Å². The third kappa shape index (κ3) is 9.55. The third-order valence-corrected chi connectivity index (χ3v) is 4.94. The third-order valence-electron chi connectivity index (χ3n) is 4.94. The summed E-state index contributed by atoms with van der Waals surface area (Å²) >= 11 is 0. The summed E-state index contributed by atoms with van der Waals surface area (Å²) in [5.74, 6) is 0.819. The molecule has 6 heteroatoms. The summed E-state index contributed by atoms with van der Waals surface area (Å²) in [5, 5.41) is 6.00. The van der Waals surface area contributed by atoms with Gasteiger partial charge in [0.2, 0.25) is 11.8 Å². The van der Waals surface area contributed by atoms with Crippen LogP contribution in [0.1, 0.15) is 44.6 Å². The van der Waals surface area contributed by atoms with Crippen molar-refractivity contribution in [2.45, 2.75) is 45.4 Å². The van der Waals surface area contributed by atoms with Crippen molar-refractivity contribution in [1.82, 2.24) is 4.90 Å². The Kier molecular flexibility index (Phi) is 10.4. The second-order valence-electron chi connectivity index (χ2n) is 7.82. The molecule has 0 bridgehead atoms. The smallest absolute Gasteiger partial charge is 0.243 e. The highest BCUT2D eigenvalue weighted by molar-refractivity contribution is 5.93. The van der Waals surface area contributed by atoms with Gasteiger partial charge in [-0.25, -0.2) is 0 Å². The van der Waals surface area contributed by atoms with Crippen molar-refractivity contribution in [2.24, 2.45) is 0 Å². The molecule has 31 heavy (non-hydrogen) atoms. The van der Waals surface area contributed by atoms with E-state index < -0.39 is 0 Å². The van der Waals surface area contributed by atoms with Gasteiger partial charge < -0.3 is 20.3 Å². The number of ether oxygens (including phenoxy) is 1. The standard InChI is InChI=1S/C25H35N3O3/c1-4-5-6-7-18-31-23-15-13-22(14-16-23)27-24(29)19-26-21-11-8-20(9-12-21)10-17-25(30)28(2)3/h8-9,11-16,26H,4-7,10,17-19H2,1-3H3,(H,27,29). The first-order valence-electron chi connectivity index (χ1n) is 11.0. The molecule has 2 aromatic rings. The van der Waals surface area contributed by atoms with Gasteiger partial charge in [-0.2, -0.15) is 0 Å².